The highest BCUT2D eigenvalue weighted by Crippen LogP contribution is 2.44. The lowest BCUT2D eigenvalue weighted by atomic mass is 9.88. The summed E-state index contributed by atoms with van der Waals surface area (Å²) in [5.74, 6) is -0.707. The van der Waals surface area contributed by atoms with Crippen LogP contribution in [-0.2, 0) is 10.4 Å². The molecule has 1 heterocycles. The standard InChI is InChI=1S/C25H22BrNO3/c1-2-14-27-22-13-12-20(26)15-21(22)25(30,24(27)29)16-23(28)19-10-8-18(9-11-19)17-6-4-3-5-7-17/h3-13,15,30H,2,14,16H2,1H3. The molecule has 1 amide bonds. The number of hydrogen-bond acceptors (Lipinski definition) is 3. The smallest absolute Gasteiger partial charge is 0.264 e. The van der Waals surface area contributed by atoms with Crippen LogP contribution < -0.4 is 4.90 Å². The Labute approximate surface area is 184 Å². The van der Waals surface area contributed by atoms with Crippen LogP contribution in [0.15, 0.2) is 77.3 Å². The van der Waals surface area contributed by atoms with Crippen LogP contribution >= 0.6 is 15.9 Å². The van der Waals surface area contributed by atoms with Gasteiger partial charge in [0, 0.05) is 22.1 Å². The first-order valence-corrected chi connectivity index (χ1v) is 10.8. The lowest BCUT2D eigenvalue weighted by Crippen LogP contribution is -2.42. The number of aliphatic hydroxyl groups is 1. The van der Waals surface area contributed by atoms with Gasteiger partial charge < -0.3 is 10.0 Å². The minimum Gasteiger partial charge on any atom is -0.375 e. The van der Waals surface area contributed by atoms with Crippen LogP contribution in [0, 0.1) is 0 Å². The molecular formula is C25H22BrNO3. The van der Waals surface area contributed by atoms with E-state index in [1.807, 2.05) is 61.5 Å². The number of amides is 1. The van der Waals surface area contributed by atoms with E-state index in [9.17, 15) is 14.7 Å². The molecule has 0 aromatic heterocycles. The molecule has 1 atom stereocenters. The second-order valence-electron chi connectivity index (χ2n) is 7.52. The molecule has 4 rings (SSSR count). The maximum Gasteiger partial charge on any atom is 0.264 e. The summed E-state index contributed by atoms with van der Waals surface area (Å²) in [4.78, 5) is 27.7. The molecule has 3 aromatic rings. The van der Waals surface area contributed by atoms with Crippen molar-refractivity contribution in [3.63, 3.8) is 0 Å². The third kappa shape index (κ3) is 3.59. The Morgan fingerprint density at radius 3 is 2.33 bits per heavy atom. The van der Waals surface area contributed by atoms with E-state index in [-0.39, 0.29) is 12.2 Å². The summed E-state index contributed by atoms with van der Waals surface area (Å²) in [5.41, 5.74) is 1.83. The van der Waals surface area contributed by atoms with E-state index in [1.165, 1.54) is 0 Å². The molecule has 0 saturated heterocycles. The molecule has 152 valence electrons. The predicted octanol–water partition coefficient (Wildman–Crippen LogP) is 5.33. The van der Waals surface area contributed by atoms with E-state index in [0.717, 1.165) is 22.0 Å². The molecule has 1 unspecified atom stereocenters. The quantitative estimate of drug-likeness (QED) is 0.502. The van der Waals surface area contributed by atoms with Gasteiger partial charge in [-0.1, -0.05) is 77.5 Å². The summed E-state index contributed by atoms with van der Waals surface area (Å²) in [5, 5.41) is 11.4. The molecule has 30 heavy (non-hydrogen) atoms. The number of carbonyl (C=O) groups is 2. The molecular weight excluding hydrogens is 442 g/mol. The van der Waals surface area contributed by atoms with Crippen LogP contribution in [-0.4, -0.2) is 23.3 Å². The van der Waals surface area contributed by atoms with Gasteiger partial charge >= 0.3 is 0 Å². The molecule has 0 fully saturated rings. The summed E-state index contributed by atoms with van der Waals surface area (Å²) in [6, 6.07) is 22.6. The highest BCUT2D eigenvalue weighted by atomic mass is 79.9. The number of benzene rings is 3. The number of ketones is 1. The molecule has 4 nitrogen and oxygen atoms in total. The highest BCUT2D eigenvalue weighted by molar-refractivity contribution is 9.10. The third-order valence-corrected chi connectivity index (χ3v) is 5.96. The molecule has 1 aliphatic heterocycles. The first-order chi connectivity index (χ1) is 14.4. The number of Topliss-reactive ketones (excluding diaryl/α,β-unsaturated/α-hetero) is 1. The largest absolute Gasteiger partial charge is 0.375 e. The fourth-order valence-electron chi connectivity index (χ4n) is 3.95. The lowest BCUT2D eigenvalue weighted by Gasteiger charge is -2.22. The van der Waals surface area contributed by atoms with Crippen LogP contribution in [0.5, 0.6) is 0 Å². The van der Waals surface area contributed by atoms with Crippen LogP contribution in [0.1, 0.15) is 35.7 Å². The number of rotatable bonds is 6. The molecule has 3 aromatic carbocycles. The Balaban J connectivity index is 1.62. The van der Waals surface area contributed by atoms with Gasteiger partial charge in [-0.25, -0.2) is 0 Å². The van der Waals surface area contributed by atoms with Gasteiger partial charge in [0.1, 0.15) is 0 Å². The molecule has 1 N–H and O–H groups in total. The number of hydrogen-bond donors (Lipinski definition) is 1. The van der Waals surface area contributed by atoms with Crippen LogP contribution in [0.4, 0.5) is 5.69 Å². The minimum absolute atomic E-state index is 0.269. The van der Waals surface area contributed by atoms with Crippen molar-refractivity contribution in [1.29, 1.82) is 0 Å². The van der Waals surface area contributed by atoms with Crippen molar-refractivity contribution in [2.24, 2.45) is 0 Å². The lowest BCUT2D eigenvalue weighted by molar-refractivity contribution is -0.135. The van der Waals surface area contributed by atoms with Gasteiger partial charge in [0.05, 0.1) is 12.1 Å². The summed E-state index contributed by atoms with van der Waals surface area (Å²) in [6.07, 6.45) is 0.465. The highest BCUT2D eigenvalue weighted by Gasteiger charge is 2.50. The molecule has 0 bridgehead atoms. The number of anilines is 1. The Morgan fingerprint density at radius 2 is 1.67 bits per heavy atom. The normalized spacial score (nSPS) is 17.8. The van der Waals surface area contributed by atoms with Crippen LogP contribution in [0.2, 0.25) is 0 Å². The first kappa shape index (κ1) is 20.5. The summed E-state index contributed by atoms with van der Waals surface area (Å²) in [6.45, 7) is 2.47. The molecule has 0 aliphatic carbocycles. The van der Waals surface area contributed by atoms with Gasteiger partial charge in [-0.15, -0.1) is 0 Å². The number of fused-ring (bicyclic) bond motifs is 1. The third-order valence-electron chi connectivity index (χ3n) is 5.47. The fraction of sp³-hybridized carbons (Fsp3) is 0.200. The van der Waals surface area contributed by atoms with Crippen LogP contribution in [0.25, 0.3) is 11.1 Å². The Kier molecular flexibility index (Phi) is 5.58. The molecule has 0 spiro atoms. The van der Waals surface area contributed by atoms with E-state index in [2.05, 4.69) is 15.9 Å². The van der Waals surface area contributed by atoms with Gasteiger partial charge in [-0.05, 0) is 35.7 Å². The maximum atomic E-state index is 13.1. The van der Waals surface area contributed by atoms with Crippen molar-refractivity contribution in [3.05, 3.63) is 88.4 Å². The van der Waals surface area contributed by atoms with Gasteiger partial charge in [-0.3, -0.25) is 9.59 Å². The average molecular weight is 464 g/mol. The van der Waals surface area contributed by atoms with Crippen molar-refractivity contribution in [3.8, 4) is 11.1 Å². The monoisotopic (exact) mass is 463 g/mol. The Bertz CT molecular complexity index is 1100. The molecule has 5 heteroatoms. The SMILES string of the molecule is CCCN1C(=O)C(O)(CC(=O)c2ccc(-c3ccccc3)cc2)c2cc(Br)ccc21. The topological polar surface area (TPSA) is 57.6 Å². The van der Waals surface area contributed by atoms with Gasteiger partial charge in [0.2, 0.25) is 0 Å². The van der Waals surface area contributed by atoms with E-state index in [4.69, 9.17) is 0 Å². The summed E-state index contributed by atoms with van der Waals surface area (Å²) >= 11 is 3.41. The molecule has 1 aliphatic rings. The van der Waals surface area contributed by atoms with Crippen molar-refractivity contribution < 1.29 is 14.7 Å². The summed E-state index contributed by atoms with van der Waals surface area (Å²) < 4.78 is 0.755. The van der Waals surface area contributed by atoms with Crippen molar-refractivity contribution in [2.75, 3.05) is 11.4 Å². The van der Waals surface area contributed by atoms with Crippen molar-refractivity contribution in [2.45, 2.75) is 25.4 Å². The first-order valence-electron chi connectivity index (χ1n) is 9.97. The number of halogens is 1. The zero-order chi connectivity index (χ0) is 21.3. The van der Waals surface area contributed by atoms with Gasteiger partial charge in [-0.2, -0.15) is 0 Å². The van der Waals surface area contributed by atoms with E-state index in [1.54, 1.807) is 23.1 Å². The second kappa shape index (κ2) is 8.17. The van der Waals surface area contributed by atoms with E-state index in [0.29, 0.717) is 23.4 Å². The van der Waals surface area contributed by atoms with Crippen LogP contribution in [0.3, 0.4) is 0 Å². The van der Waals surface area contributed by atoms with Gasteiger partial charge in [0.25, 0.3) is 5.91 Å². The van der Waals surface area contributed by atoms with Crippen molar-refractivity contribution in [1.82, 2.24) is 0 Å². The predicted molar refractivity (Wildman–Crippen MR) is 122 cm³/mol. The second-order valence-corrected chi connectivity index (χ2v) is 8.44. The Morgan fingerprint density at radius 1 is 1.00 bits per heavy atom. The number of carbonyl (C=O) groups excluding carboxylic acids is 2. The maximum absolute atomic E-state index is 13.1. The Hall–Kier alpha value is -2.76. The minimum atomic E-state index is -1.86. The average Bonchev–Trinajstić information content (AvgIpc) is 2.96. The van der Waals surface area contributed by atoms with E-state index < -0.39 is 11.5 Å². The van der Waals surface area contributed by atoms with Gasteiger partial charge in [0.15, 0.2) is 11.4 Å². The fourth-order valence-corrected chi connectivity index (χ4v) is 4.31. The summed E-state index contributed by atoms with van der Waals surface area (Å²) in [7, 11) is 0. The molecule has 0 saturated carbocycles. The number of nitrogens with zero attached hydrogens (tertiary/aromatic N) is 1. The molecule has 0 radical (unpaired) electrons. The zero-order valence-corrected chi connectivity index (χ0v) is 18.2. The van der Waals surface area contributed by atoms with Crippen molar-refractivity contribution >= 4 is 33.3 Å². The zero-order valence-electron chi connectivity index (χ0n) is 16.6. The van der Waals surface area contributed by atoms with E-state index >= 15 is 0 Å².